The molecule has 1 aromatic rings. The zero-order chi connectivity index (χ0) is 13.5. The molecule has 0 spiro atoms. The van der Waals surface area contributed by atoms with Gasteiger partial charge in [-0.1, -0.05) is 31.5 Å². The maximum atomic E-state index is 9.78. The van der Waals surface area contributed by atoms with E-state index in [1.165, 1.54) is 0 Å². The molecule has 1 rings (SSSR count). The van der Waals surface area contributed by atoms with Crippen molar-refractivity contribution in [2.45, 2.75) is 59.4 Å². The van der Waals surface area contributed by atoms with Gasteiger partial charge in [-0.2, -0.15) is 0 Å². The highest BCUT2D eigenvalue weighted by Crippen LogP contribution is 2.23. The van der Waals surface area contributed by atoms with Crippen LogP contribution in [0.2, 0.25) is 0 Å². The minimum absolute atomic E-state index is 0.198. The Morgan fingerprint density at radius 2 is 1.89 bits per heavy atom. The Bertz CT molecular complexity index is 345. The number of aryl methyl sites for hydroxylation is 2. The van der Waals surface area contributed by atoms with Crippen molar-refractivity contribution in [1.82, 2.24) is 5.32 Å². The van der Waals surface area contributed by atoms with Gasteiger partial charge in [0.25, 0.3) is 0 Å². The molecule has 2 unspecified atom stereocenters. The Morgan fingerprint density at radius 3 is 2.44 bits per heavy atom. The summed E-state index contributed by atoms with van der Waals surface area (Å²) in [6.45, 7) is 8.09. The predicted molar refractivity (Wildman–Crippen MR) is 74.7 cm³/mol. The van der Waals surface area contributed by atoms with Gasteiger partial charge in [-0.15, -0.1) is 0 Å². The number of unbranched alkanes of at least 4 members (excludes halogenated alkanes) is 1. The molecule has 0 aromatic heterocycles. The van der Waals surface area contributed by atoms with Gasteiger partial charge in [-0.3, -0.25) is 5.32 Å². The summed E-state index contributed by atoms with van der Waals surface area (Å²) in [4.78, 5) is 0. The summed E-state index contributed by atoms with van der Waals surface area (Å²) in [6.07, 6.45) is 2.17. The van der Waals surface area contributed by atoms with E-state index in [4.69, 9.17) is 4.74 Å². The Balaban J connectivity index is 2.51. The lowest BCUT2D eigenvalue weighted by molar-refractivity contribution is 0.0573. The van der Waals surface area contributed by atoms with Crippen LogP contribution in [0.4, 0.5) is 0 Å². The first-order valence-electron chi connectivity index (χ1n) is 6.71. The smallest absolute Gasteiger partial charge is 0.149 e. The van der Waals surface area contributed by atoms with E-state index in [0.29, 0.717) is 0 Å². The van der Waals surface area contributed by atoms with E-state index in [-0.39, 0.29) is 6.23 Å². The van der Waals surface area contributed by atoms with Crippen LogP contribution in [0.3, 0.4) is 0 Å². The van der Waals surface area contributed by atoms with E-state index in [1.54, 1.807) is 0 Å². The van der Waals surface area contributed by atoms with Crippen molar-refractivity contribution in [2.75, 3.05) is 0 Å². The lowest BCUT2D eigenvalue weighted by atomic mass is 10.1. The van der Waals surface area contributed by atoms with Gasteiger partial charge in [0.1, 0.15) is 18.2 Å². The predicted octanol–water partition coefficient (Wildman–Crippen LogP) is 3.13. The molecule has 2 N–H and O–H groups in total. The van der Waals surface area contributed by atoms with Crippen LogP contribution in [0.25, 0.3) is 0 Å². The molecule has 102 valence electrons. The second-order valence-electron chi connectivity index (χ2n) is 4.81. The van der Waals surface area contributed by atoms with Crippen LogP contribution in [0.1, 0.15) is 44.2 Å². The number of ether oxygens (including phenoxy) is 1. The Labute approximate surface area is 110 Å². The number of benzene rings is 1. The Morgan fingerprint density at radius 1 is 1.28 bits per heavy atom. The molecule has 2 atom stereocenters. The second-order valence-corrected chi connectivity index (χ2v) is 4.81. The molecular formula is C15H25NO2. The zero-order valence-corrected chi connectivity index (χ0v) is 11.9. The van der Waals surface area contributed by atoms with Gasteiger partial charge >= 0.3 is 0 Å². The molecule has 3 nitrogen and oxygen atoms in total. The van der Waals surface area contributed by atoms with Crippen molar-refractivity contribution in [3.63, 3.8) is 0 Å². The molecule has 0 saturated carbocycles. The standard InChI is InChI=1S/C15H25NO2/c1-5-6-10-14(17)16-13(4)18-15-11(2)8-7-9-12(15)3/h7-9,13-14,16-17H,5-6,10H2,1-4H3. The van der Waals surface area contributed by atoms with Crippen LogP contribution in [-0.4, -0.2) is 17.6 Å². The fourth-order valence-electron chi connectivity index (χ4n) is 1.95. The summed E-state index contributed by atoms with van der Waals surface area (Å²) in [6, 6.07) is 6.08. The fourth-order valence-corrected chi connectivity index (χ4v) is 1.95. The molecule has 0 aliphatic rings. The molecule has 1 aromatic carbocycles. The fraction of sp³-hybridized carbons (Fsp3) is 0.600. The van der Waals surface area contributed by atoms with Crippen LogP contribution in [0, 0.1) is 13.8 Å². The first-order chi connectivity index (χ1) is 8.54. The summed E-state index contributed by atoms with van der Waals surface area (Å²) < 4.78 is 5.86. The quantitative estimate of drug-likeness (QED) is 0.732. The first-order valence-corrected chi connectivity index (χ1v) is 6.71. The van der Waals surface area contributed by atoms with E-state index >= 15 is 0 Å². The molecule has 0 aliphatic carbocycles. The molecule has 0 radical (unpaired) electrons. The van der Waals surface area contributed by atoms with Gasteiger partial charge in [0.2, 0.25) is 0 Å². The SMILES string of the molecule is CCCCC(O)NC(C)Oc1c(C)cccc1C. The molecule has 3 heteroatoms. The summed E-state index contributed by atoms with van der Waals surface area (Å²) >= 11 is 0. The Kier molecular flexibility index (Phi) is 6.16. The minimum atomic E-state index is -0.496. The van der Waals surface area contributed by atoms with Crippen LogP contribution in [0.5, 0.6) is 5.75 Å². The number of nitrogens with one attached hydrogen (secondary N) is 1. The van der Waals surface area contributed by atoms with Crippen molar-refractivity contribution >= 4 is 0 Å². The molecule has 0 heterocycles. The van der Waals surface area contributed by atoms with Crippen molar-refractivity contribution in [3.8, 4) is 5.75 Å². The first kappa shape index (κ1) is 15.0. The summed E-state index contributed by atoms with van der Waals surface area (Å²) in [5, 5.41) is 12.8. The number of rotatable bonds is 7. The molecule has 0 fully saturated rings. The highest BCUT2D eigenvalue weighted by molar-refractivity contribution is 5.39. The molecule has 0 saturated heterocycles. The number of para-hydroxylation sites is 1. The van der Waals surface area contributed by atoms with Crippen LogP contribution < -0.4 is 10.1 Å². The average molecular weight is 251 g/mol. The van der Waals surface area contributed by atoms with Crippen molar-refractivity contribution < 1.29 is 9.84 Å². The van der Waals surface area contributed by atoms with E-state index in [2.05, 4.69) is 12.2 Å². The highest BCUT2D eigenvalue weighted by Gasteiger charge is 2.11. The summed E-state index contributed by atoms with van der Waals surface area (Å²) in [7, 11) is 0. The monoisotopic (exact) mass is 251 g/mol. The largest absolute Gasteiger partial charge is 0.475 e. The van der Waals surface area contributed by atoms with Crippen LogP contribution in [0.15, 0.2) is 18.2 Å². The normalized spacial score (nSPS) is 14.3. The van der Waals surface area contributed by atoms with Crippen LogP contribution in [-0.2, 0) is 0 Å². The topological polar surface area (TPSA) is 41.5 Å². The third kappa shape index (κ3) is 4.67. The minimum Gasteiger partial charge on any atom is -0.475 e. The average Bonchev–Trinajstić information content (AvgIpc) is 2.31. The van der Waals surface area contributed by atoms with E-state index in [9.17, 15) is 5.11 Å². The lowest BCUT2D eigenvalue weighted by Crippen LogP contribution is -2.40. The molecule has 0 amide bonds. The third-order valence-corrected chi connectivity index (χ3v) is 2.96. The lowest BCUT2D eigenvalue weighted by Gasteiger charge is -2.22. The molecule has 0 aliphatic heterocycles. The van der Waals surface area contributed by atoms with Crippen molar-refractivity contribution in [2.24, 2.45) is 0 Å². The third-order valence-electron chi connectivity index (χ3n) is 2.96. The van der Waals surface area contributed by atoms with Crippen molar-refractivity contribution in [1.29, 1.82) is 0 Å². The van der Waals surface area contributed by atoms with E-state index in [0.717, 1.165) is 36.1 Å². The number of aliphatic hydroxyl groups excluding tert-OH is 1. The van der Waals surface area contributed by atoms with Gasteiger partial charge in [-0.05, 0) is 44.7 Å². The number of hydrogen-bond acceptors (Lipinski definition) is 3. The van der Waals surface area contributed by atoms with Gasteiger partial charge < -0.3 is 9.84 Å². The van der Waals surface area contributed by atoms with Crippen LogP contribution >= 0.6 is 0 Å². The maximum absolute atomic E-state index is 9.78. The molecular weight excluding hydrogens is 226 g/mol. The molecule has 0 bridgehead atoms. The van der Waals surface area contributed by atoms with Crippen molar-refractivity contribution in [3.05, 3.63) is 29.3 Å². The van der Waals surface area contributed by atoms with E-state index in [1.807, 2.05) is 39.0 Å². The Hall–Kier alpha value is -1.06. The number of aliphatic hydroxyl groups is 1. The maximum Gasteiger partial charge on any atom is 0.149 e. The van der Waals surface area contributed by atoms with Gasteiger partial charge in [0.05, 0.1) is 0 Å². The molecule has 18 heavy (non-hydrogen) atoms. The van der Waals surface area contributed by atoms with Gasteiger partial charge in [-0.25, -0.2) is 0 Å². The van der Waals surface area contributed by atoms with E-state index < -0.39 is 6.23 Å². The number of hydrogen-bond donors (Lipinski definition) is 2. The summed E-state index contributed by atoms with van der Waals surface area (Å²) in [5.74, 6) is 0.903. The van der Waals surface area contributed by atoms with Gasteiger partial charge in [0.15, 0.2) is 0 Å². The highest BCUT2D eigenvalue weighted by atomic mass is 16.5. The van der Waals surface area contributed by atoms with Gasteiger partial charge in [0, 0.05) is 0 Å². The second kappa shape index (κ2) is 7.39. The zero-order valence-electron chi connectivity index (χ0n) is 11.9. The summed E-state index contributed by atoms with van der Waals surface area (Å²) in [5.41, 5.74) is 2.23.